The van der Waals surface area contributed by atoms with Gasteiger partial charge in [-0.2, -0.15) is 0 Å². The van der Waals surface area contributed by atoms with Crippen LogP contribution in [0, 0.1) is 0 Å². The summed E-state index contributed by atoms with van der Waals surface area (Å²) in [5.41, 5.74) is 1.79. The first kappa shape index (κ1) is 9.15. The fourth-order valence-electron chi connectivity index (χ4n) is 1.55. The molecule has 0 saturated heterocycles. The van der Waals surface area contributed by atoms with Crippen molar-refractivity contribution in [2.75, 3.05) is 7.05 Å². The van der Waals surface area contributed by atoms with E-state index in [9.17, 15) is 4.79 Å². The van der Waals surface area contributed by atoms with E-state index < -0.39 is 0 Å². The molecular weight excluding hydrogens is 196 g/mol. The van der Waals surface area contributed by atoms with Gasteiger partial charge in [-0.3, -0.25) is 9.69 Å². The predicted molar refractivity (Wildman–Crippen MR) is 58.0 cm³/mol. The highest BCUT2D eigenvalue weighted by Crippen LogP contribution is 2.21. The van der Waals surface area contributed by atoms with Gasteiger partial charge in [0.1, 0.15) is 0 Å². The van der Waals surface area contributed by atoms with E-state index in [1.54, 1.807) is 11.9 Å². The lowest BCUT2D eigenvalue weighted by molar-refractivity contribution is 0.0865. The number of carbonyl (C=O) groups is 1. The molecule has 1 aliphatic rings. The number of carbonyl (C=O) groups excluding carboxylic acids is 1. The Morgan fingerprint density at radius 2 is 2.21 bits per heavy atom. The molecule has 1 heterocycles. The van der Waals surface area contributed by atoms with E-state index in [2.05, 4.69) is 5.32 Å². The van der Waals surface area contributed by atoms with Crippen LogP contribution in [-0.2, 0) is 6.54 Å². The molecule has 0 radical (unpaired) electrons. The van der Waals surface area contributed by atoms with Crippen LogP contribution in [0.5, 0.6) is 0 Å². The third-order valence-electron chi connectivity index (χ3n) is 2.28. The van der Waals surface area contributed by atoms with Gasteiger partial charge in [-0.15, -0.1) is 0 Å². The fraction of sp³-hybridized carbons (Fsp3) is 0.200. The Balaban J connectivity index is 2.35. The number of benzene rings is 1. The van der Waals surface area contributed by atoms with Gasteiger partial charge in [0.25, 0.3) is 5.91 Å². The molecule has 1 aromatic rings. The summed E-state index contributed by atoms with van der Waals surface area (Å²) in [6.07, 6.45) is 0. The number of nitrogens with one attached hydrogen (secondary N) is 1. The summed E-state index contributed by atoms with van der Waals surface area (Å²) in [5, 5.41) is 3.29. The van der Waals surface area contributed by atoms with Gasteiger partial charge in [0.15, 0.2) is 5.11 Å². The molecule has 1 aromatic carbocycles. The Morgan fingerprint density at radius 3 is 2.86 bits per heavy atom. The standard InChI is InChI=1S/C10H10N2OS/c1-11-10(14)12-6-7-4-2-3-5-8(7)9(12)13/h2-5H,6H2,1H3,(H,11,14). The first-order valence-electron chi connectivity index (χ1n) is 4.35. The van der Waals surface area contributed by atoms with E-state index in [0.29, 0.717) is 11.7 Å². The average molecular weight is 206 g/mol. The van der Waals surface area contributed by atoms with Gasteiger partial charge in [0, 0.05) is 12.6 Å². The molecule has 0 atom stereocenters. The number of nitrogens with zero attached hydrogens (tertiary/aromatic N) is 1. The van der Waals surface area contributed by atoms with Crippen LogP contribution in [-0.4, -0.2) is 23.0 Å². The molecule has 0 saturated carbocycles. The van der Waals surface area contributed by atoms with Crippen LogP contribution >= 0.6 is 12.2 Å². The first-order chi connectivity index (χ1) is 6.74. The highest BCUT2D eigenvalue weighted by Gasteiger charge is 2.28. The maximum atomic E-state index is 11.8. The molecule has 1 amide bonds. The maximum Gasteiger partial charge on any atom is 0.260 e. The van der Waals surface area contributed by atoms with Crippen molar-refractivity contribution in [3.8, 4) is 0 Å². The molecule has 2 rings (SSSR count). The van der Waals surface area contributed by atoms with E-state index in [0.717, 1.165) is 11.1 Å². The van der Waals surface area contributed by atoms with Crippen molar-refractivity contribution >= 4 is 23.2 Å². The highest BCUT2D eigenvalue weighted by molar-refractivity contribution is 7.80. The molecule has 0 bridgehead atoms. The van der Waals surface area contributed by atoms with Gasteiger partial charge in [-0.25, -0.2) is 0 Å². The molecule has 4 heteroatoms. The van der Waals surface area contributed by atoms with Crippen molar-refractivity contribution in [2.24, 2.45) is 0 Å². The van der Waals surface area contributed by atoms with Crippen LogP contribution in [0.2, 0.25) is 0 Å². The van der Waals surface area contributed by atoms with Crippen molar-refractivity contribution < 1.29 is 4.79 Å². The lowest BCUT2D eigenvalue weighted by atomic mass is 10.1. The summed E-state index contributed by atoms with van der Waals surface area (Å²) in [7, 11) is 1.72. The second kappa shape index (κ2) is 3.38. The van der Waals surface area contributed by atoms with Crippen molar-refractivity contribution in [1.29, 1.82) is 0 Å². The summed E-state index contributed by atoms with van der Waals surface area (Å²) < 4.78 is 0. The summed E-state index contributed by atoms with van der Waals surface area (Å²) in [4.78, 5) is 13.4. The monoisotopic (exact) mass is 206 g/mol. The largest absolute Gasteiger partial charge is 0.365 e. The summed E-state index contributed by atoms with van der Waals surface area (Å²) in [5.74, 6) is -0.0139. The Morgan fingerprint density at radius 1 is 1.50 bits per heavy atom. The molecule has 72 valence electrons. The summed E-state index contributed by atoms with van der Waals surface area (Å²) in [6.45, 7) is 0.578. The topological polar surface area (TPSA) is 32.3 Å². The Bertz CT molecular complexity index is 403. The second-order valence-corrected chi connectivity index (χ2v) is 3.49. The molecule has 1 N–H and O–H groups in total. The lowest BCUT2D eigenvalue weighted by Gasteiger charge is -2.15. The van der Waals surface area contributed by atoms with Crippen LogP contribution in [0.1, 0.15) is 15.9 Å². The molecule has 0 spiro atoms. The maximum absolute atomic E-state index is 11.8. The Labute approximate surface area is 87.7 Å². The van der Waals surface area contributed by atoms with Crippen LogP contribution in [0.15, 0.2) is 24.3 Å². The molecule has 0 aliphatic carbocycles. The number of amides is 1. The first-order valence-corrected chi connectivity index (χ1v) is 4.76. The van der Waals surface area contributed by atoms with Crippen LogP contribution in [0.25, 0.3) is 0 Å². The normalized spacial score (nSPS) is 14.1. The minimum atomic E-state index is -0.0139. The van der Waals surface area contributed by atoms with E-state index in [1.807, 2.05) is 24.3 Å². The van der Waals surface area contributed by atoms with E-state index in [-0.39, 0.29) is 5.91 Å². The minimum absolute atomic E-state index is 0.0139. The lowest BCUT2D eigenvalue weighted by Crippen LogP contribution is -2.37. The van der Waals surface area contributed by atoms with Crippen molar-refractivity contribution in [1.82, 2.24) is 10.2 Å². The van der Waals surface area contributed by atoms with Gasteiger partial charge < -0.3 is 5.32 Å². The number of thiocarbonyl (C=S) groups is 1. The fourth-order valence-corrected chi connectivity index (χ4v) is 1.70. The highest BCUT2D eigenvalue weighted by atomic mass is 32.1. The van der Waals surface area contributed by atoms with Crippen molar-refractivity contribution in [3.05, 3.63) is 35.4 Å². The van der Waals surface area contributed by atoms with Crippen molar-refractivity contribution in [3.63, 3.8) is 0 Å². The SMILES string of the molecule is CNC(=S)N1Cc2ccccc2C1=O. The molecule has 1 aliphatic heterocycles. The van der Waals surface area contributed by atoms with Gasteiger partial charge in [-0.1, -0.05) is 18.2 Å². The third kappa shape index (κ3) is 1.28. The van der Waals surface area contributed by atoms with E-state index in [1.165, 1.54) is 0 Å². The molecule has 0 unspecified atom stereocenters. The molecule has 0 aromatic heterocycles. The number of rotatable bonds is 0. The van der Waals surface area contributed by atoms with Crippen molar-refractivity contribution in [2.45, 2.75) is 6.54 Å². The van der Waals surface area contributed by atoms with Crippen LogP contribution in [0.3, 0.4) is 0 Å². The summed E-state index contributed by atoms with van der Waals surface area (Å²) >= 11 is 5.03. The minimum Gasteiger partial charge on any atom is -0.365 e. The zero-order valence-electron chi connectivity index (χ0n) is 7.78. The number of fused-ring (bicyclic) bond motifs is 1. The Hall–Kier alpha value is -1.42. The van der Waals surface area contributed by atoms with Crippen LogP contribution in [0.4, 0.5) is 0 Å². The van der Waals surface area contributed by atoms with Gasteiger partial charge in [0.2, 0.25) is 0 Å². The summed E-state index contributed by atoms with van der Waals surface area (Å²) in [6, 6.07) is 7.57. The quantitative estimate of drug-likeness (QED) is 0.646. The molecule has 3 nitrogen and oxygen atoms in total. The molecular formula is C10H10N2OS. The van der Waals surface area contributed by atoms with E-state index in [4.69, 9.17) is 12.2 Å². The van der Waals surface area contributed by atoms with Gasteiger partial charge >= 0.3 is 0 Å². The Kier molecular flexibility index (Phi) is 2.21. The third-order valence-corrected chi connectivity index (χ3v) is 2.70. The van der Waals surface area contributed by atoms with Crippen LogP contribution < -0.4 is 5.32 Å². The second-order valence-electron chi connectivity index (χ2n) is 3.10. The zero-order valence-corrected chi connectivity index (χ0v) is 8.60. The van der Waals surface area contributed by atoms with Gasteiger partial charge in [-0.05, 0) is 23.8 Å². The molecule has 14 heavy (non-hydrogen) atoms. The smallest absolute Gasteiger partial charge is 0.260 e. The molecule has 0 fully saturated rings. The van der Waals surface area contributed by atoms with Gasteiger partial charge in [0.05, 0.1) is 6.54 Å². The predicted octanol–water partition coefficient (Wildman–Crippen LogP) is 1.15. The average Bonchev–Trinajstić information content (AvgIpc) is 2.56. The van der Waals surface area contributed by atoms with E-state index >= 15 is 0 Å². The zero-order chi connectivity index (χ0) is 10.1. The number of hydrogen-bond acceptors (Lipinski definition) is 2. The number of hydrogen-bond donors (Lipinski definition) is 1.